The number of para-hydroxylation sites is 1. The maximum Gasteiger partial charge on any atom is 0.343 e. The number of rotatable bonds is 5. The van der Waals surface area contributed by atoms with Crippen LogP contribution in [-0.2, 0) is 0 Å². The maximum atomic E-state index is 13.2. The lowest BCUT2D eigenvalue weighted by atomic mass is 10.0. The van der Waals surface area contributed by atoms with E-state index in [1.165, 1.54) is 49.6 Å². The number of esters is 1. The average Bonchev–Trinajstić information content (AvgIpc) is 2.79. The minimum atomic E-state index is -0.738. The summed E-state index contributed by atoms with van der Waals surface area (Å²) in [6.45, 7) is 1.68. The highest BCUT2D eigenvalue weighted by Gasteiger charge is 2.18. The Morgan fingerprint density at radius 2 is 1.84 bits per heavy atom. The predicted molar refractivity (Wildman–Crippen MR) is 118 cm³/mol. The summed E-state index contributed by atoms with van der Waals surface area (Å²) in [6.07, 6.45) is 0. The number of benzene rings is 3. The summed E-state index contributed by atoms with van der Waals surface area (Å²) in [5.74, 6) is 0.359. The molecular weight excluding hydrogens is 414 g/mol. The van der Waals surface area contributed by atoms with Crippen LogP contribution in [0.4, 0.5) is 5.69 Å². The van der Waals surface area contributed by atoms with Gasteiger partial charge in [0, 0.05) is 11.6 Å². The number of hydrogen-bond acceptors (Lipinski definition) is 8. The smallest absolute Gasteiger partial charge is 0.343 e. The second-order valence-corrected chi connectivity index (χ2v) is 6.93. The Morgan fingerprint density at radius 3 is 2.59 bits per heavy atom. The van der Waals surface area contributed by atoms with Gasteiger partial charge in [-0.2, -0.15) is 0 Å². The summed E-state index contributed by atoms with van der Waals surface area (Å²) >= 11 is 0. The van der Waals surface area contributed by atoms with Crippen LogP contribution in [0.2, 0.25) is 0 Å². The van der Waals surface area contributed by atoms with Crippen molar-refractivity contribution >= 4 is 22.6 Å². The SMILES string of the molecule is COc1ccccc1-c1c(C)oc2cc(OC(=O)c3cccc(N([O-])O)c3)ccc2c1=O. The number of hydrogen-bond donors (Lipinski definition) is 1. The molecule has 0 unspecified atom stereocenters. The highest BCUT2D eigenvalue weighted by atomic mass is 16.8. The molecule has 0 aliphatic carbocycles. The van der Waals surface area contributed by atoms with Crippen LogP contribution in [-0.4, -0.2) is 18.3 Å². The van der Waals surface area contributed by atoms with Crippen molar-refractivity contribution in [2.45, 2.75) is 6.92 Å². The molecule has 32 heavy (non-hydrogen) atoms. The third-order valence-corrected chi connectivity index (χ3v) is 4.93. The monoisotopic (exact) mass is 432 g/mol. The van der Waals surface area contributed by atoms with Gasteiger partial charge < -0.3 is 24.3 Å². The van der Waals surface area contributed by atoms with Gasteiger partial charge in [0.15, 0.2) is 0 Å². The van der Waals surface area contributed by atoms with Crippen molar-refractivity contribution in [3.05, 3.63) is 93.5 Å². The number of carbonyl (C=O) groups is 1. The molecule has 0 atom stereocenters. The molecule has 1 heterocycles. The van der Waals surface area contributed by atoms with Crippen molar-refractivity contribution in [3.8, 4) is 22.6 Å². The zero-order valence-electron chi connectivity index (χ0n) is 17.2. The highest BCUT2D eigenvalue weighted by Crippen LogP contribution is 2.32. The van der Waals surface area contributed by atoms with Crippen molar-refractivity contribution in [1.82, 2.24) is 0 Å². The van der Waals surface area contributed by atoms with Crippen molar-refractivity contribution in [3.63, 3.8) is 0 Å². The predicted octanol–water partition coefficient (Wildman–Crippen LogP) is 4.69. The first kappa shape index (κ1) is 21.1. The van der Waals surface area contributed by atoms with Gasteiger partial charge >= 0.3 is 5.97 Å². The van der Waals surface area contributed by atoms with Gasteiger partial charge in [0.1, 0.15) is 22.8 Å². The Hall–Kier alpha value is -4.14. The summed E-state index contributed by atoms with van der Waals surface area (Å²) in [4.78, 5) is 25.6. The number of methoxy groups -OCH3 is 1. The highest BCUT2D eigenvalue weighted by molar-refractivity contribution is 5.93. The van der Waals surface area contributed by atoms with E-state index in [0.29, 0.717) is 28.0 Å². The largest absolute Gasteiger partial charge is 0.733 e. The zero-order chi connectivity index (χ0) is 22.8. The fourth-order valence-corrected chi connectivity index (χ4v) is 3.43. The average molecular weight is 432 g/mol. The van der Waals surface area contributed by atoms with E-state index in [2.05, 4.69) is 0 Å². The second-order valence-electron chi connectivity index (χ2n) is 6.93. The molecule has 0 saturated heterocycles. The van der Waals surface area contributed by atoms with Gasteiger partial charge in [0.25, 0.3) is 0 Å². The minimum Gasteiger partial charge on any atom is -0.733 e. The molecule has 0 saturated carbocycles. The van der Waals surface area contributed by atoms with Gasteiger partial charge in [-0.3, -0.25) is 10.0 Å². The molecule has 1 N–H and O–H groups in total. The summed E-state index contributed by atoms with van der Waals surface area (Å²) in [5, 5.41) is 20.0. The molecule has 4 rings (SSSR count). The van der Waals surface area contributed by atoms with Crippen molar-refractivity contribution in [1.29, 1.82) is 0 Å². The van der Waals surface area contributed by atoms with Gasteiger partial charge in [0.2, 0.25) is 5.43 Å². The molecule has 0 fully saturated rings. The van der Waals surface area contributed by atoms with E-state index in [0.717, 1.165) is 0 Å². The van der Waals surface area contributed by atoms with E-state index in [-0.39, 0.29) is 33.2 Å². The van der Waals surface area contributed by atoms with Gasteiger partial charge in [-0.15, -0.1) is 0 Å². The molecular formula is C24H18NO7-. The molecule has 162 valence electrons. The number of fused-ring (bicyclic) bond motifs is 1. The molecule has 8 nitrogen and oxygen atoms in total. The van der Waals surface area contributed by atoms with E-state index >= 15 is 0 Å². The molecule has 0 spiro atoms. The molecule has 3 aromatic carbocycles. The quantitative estimate of drug-likeness (QED) is 0.275. The fraction of sp³-hybridized carbons (Fsp3) is 0.0833. The first-order valence-electron chi connectivity index (χ1n) is 9.58. The Labute approximate surface area is 182 Å². The van der Waals surface area contributed by atoms with E-state index in [4.69, 9.17) is 19.1 Å². The van der Waals surface area contributed by atoms with Crippen LogP contribution in [0.1, 0.15) is 16.1 Å². The summed E-state index contributed by atoms with van der Waals surface area (Å²) < 4.78 is 16.6. The summed E-state index contributed by atoms with van der Waals surface area (Å²) in [7, 11) is 1.53. The van der Waals surface area contributed by atoms with Crippen LogP contribution >= 0.6 is 0 Å². The molecule has 0 radical (unpaired) electrons. The van der Waals surface area contributed by atoms with Crippen molar-refractivity contribution in [2.24, 2.45) is 0 Å². The van der Waals surface area contributed by atoms with Crippen LogP contribution < -0.4 is 20.1 Å². The topological polar surface area (TPSA) is 112 Å². The lowest BCUT2D eigenvalue weighted by molar-refractivity contribution is 0.0735. The Morgan fingerprint density at radius 1 is 1.06 bits per heavy atom. The summed E-state index contributed by atoms with van der Waals surface area (Å²) in [5.41, 5.74) is 0.992. The second kappa shape index (κ2) is 8.54. The molecule has 4 aromatic rings. The van der Waals surface area contributed by atoms with Crippen LogP contribution in [0.3, 0.4) is 0 Å². The van der Waals surface area contributed by atoms with Crippen LogP contribution in [0, 0.1) is 12.1 Å². The van der Waals surface area contributed by atoms with Crippen molar-refractivity contribution < 1.29 is 23.9 Å². The maximum absolute atomic E-state index is 13.2. The lowest BCUT2D eigenvalue weighted by Gasteiger charge is -2.21. The van der Waals surface area contributed by atoms with Gasteiger partial charge in [-0.25, -0.2) is 4.79 Å². The third-order valence-electron chi connectivity index (χ3n) is 4.93. The number of ether oxygens (including phenoxy) is 2. The molecule has 0 aliphatic heterocycles. The number of nitrogens with zero attached hydrogens (tertiary/aromatic N) is 1. The Bertz CT molecular complexity index is 1370. The van der Waals surface area contributed by atoms with Crippen molar-refractivity contribution in [2.75, 3.05) is 12.3 Å². The van der Waals surface area contributed by atoms with Crippen LogP contribution in [0.15, 0.2) is 75.9 Å². The number of carbonyl (C=O) groups excluding carboxylic acids is 1. The molecule has 0 amide bonds. The fourth-order valence-electron chi connectivity index (χ4n) is 3.43. The van der Waals surface area contributed by atoms with Gasteiger partial charge in [-0.1, -0.05) is 24.3 Å². The third kappa shape index (κ3) is 3.92. The van der Waals surface area contributed by atoms with E-state index in [1.54, 1.807) is 25.1 Å². The van der Waals surface area contributed by atoms with E-state index < -0.39 is 5.97 Å². The molecule has 8 heteroatoms. The lowest BCUT2D eigenvalue weighted by Crippen LogP contribution is -2.12. The molecule has 0 aliphatic rings. The summed E-state index contributed by atoms with van der Waals surface area (Å²) in [6, 6.07) is 17.0. The van der Waals surface area contributed by atoms with E-state index in [1.807, 2.05) is 6.07 Å². The molecule has 1 aromatic heterocycles. The van der Waals surface area contributed by atoms with Gasteiger partial charge in [-0.05, 0) is 43.3 Å². The number of aryl methyl sites for hydroxylation is 1. The minimum absolute atomic E-state index is 0.0710. The van der Waals surface area contributed by atoms with E-state index in [9.17, 15) is 14.8 Å². The standard InChI is InChI=1S/C24H18NO7/c1-14-22(18-8-3-4-9-20(18)30-2)23(26)19-11-10-17(13-21(19)31-14)32-24(27)15-6-5-7-16(12-15)25(28)29/h3-13,28H,1-2H3/q-1. The Balaban J connectivity index is 1.71. The zero-order valence-corrected chi connectivity index (χ0v) is 17.2. The van der Waals surface area contributed by atoms with Gasteiger partial charge in [0.05, 0.1) is 29.3 Å². The van der Waals surface area contributed by atoms with Crippen LogP contribution in [0.25, 0.3) is 22.1 Å². The first-order chi connectivity index (χ1) is 15.4. The normalized spacial score (nSPS) is 10.8. The Kier molecular flexibility index (Phi) is 5.63. The number of anilines is 1. The van der Waals surface area contributed by atoms with Crippen LogP contribution in [0.5, 0.6) is 11.5 Å². The first-order valence-corrected chi connectivity index (χ1v) is 9.58. The molecule has 0 bridgehead atoms.